The predicted octanol–water partition coefficient (Wildman–Crippen LogP) is 4.19. The molecule has 0 unspecified atom stereocenters. The molecule has 4 aromatic rings. The average Bonchev–Trinajstić information content (AvgIpc) is 3.42. The first-order valence-corrected chi connectivity index (χ1v) is 11.1. The van der Waals surface area contributed by atoms with E-state index in [4.69, 9.17) is 21.3 Å². The monoisotopic (exact) mass is 462 g/mol. The zero-order valence-corrected chi connectivity index (χ0v) is 19.3. The fourth-order valence-electron chi connectivity index (χ4n) is 3.72. The molecule has 0 spiro atoms. The van der Waals surface area contributed by atoms with Gasteiger partial charge in [-0.1, -0.05) is 17.7 Å². The molecule has 1 fully saturated rings. The summed E-state index contributed by atoms with van der Waals surface area (Å²) in [6.45, 7) is 4.49. The summed E-state index contributed by atoms with van der Waals surface area (Å²) in [6.07, 6.45) is 5.20. The van der Waals surface area contributed by atoms with Gasteiger partial charge in [-0.05, 0) is 56.5 Å². The summed E-state index contributed by atoms with van der Waals surface area (Å²) in [4.78, 5) is 30.6. The van der Waals surface area contributed by atoms with E-state index in [1.54, 1.807) is 25.4 Å². The summed E-state index contributed by atoms with van der Waals surface area (Å²) in [5.41, 5.74) is 3.89. The smallest absolute Gasteiger partial charge is 0.252 e. The van der Waals surface area contributed by atoms with Crippen LogP contribution >= 0.6 is 11.6 Å². The fourth-order valence-corrected chi connectivity index (χ4v) is 4.02. The Hall–Kier alpha value is -3.52. The third-order valence-corrected chi connectivity index (χ3v) is 6.21. The van der Waals surface area contributed by atoms with Gasteiger partial charge in [0, 0.05) is 18.8 Å². The van der Waals surface area contributed by atoms with Crippen LogP contribution in [0.2, 0.25) is 5.02 Å². The minimum absolute atomic E-state index is 0.222. The highest BCUT2D eigenvalue weighted by molar-refractivity contribution is 6.36. The number of aryl methyl sites for hydroxylation is 1. The Morgan fingerprint density at radius 2 is 2.06 bits per heavy atom. The molecule has 1 aromatic carbocycles. The van der Waals surface area contributed by atoms with Crippen molar-refractivity contribution < 1.29 is 9.53 Å². The number of nitrogens with zero attached hydrogens (tertiary/aromatic N) is 5. The molecule has 9 heteroatoms. The van der Waals surface area contributed by atoms with Crippen LogP contribution in [0.5, 0.6) is 5.88 Å². The van der Waals surface area contributed by atoms with Gasteiger partial charge in [0.05, 0.1) is 22.8 Å². The largest absolute Gasteiger partial charge is 0.470 e. The van der Waals surface area contributed by atoms with Gasteiger partial charge in [0.25, 0.3) is 5.91 Å². The van der Waals surface area contributed by atoms with E-state index in [0.29, 0.717) is 45.6 Å². The number of amides is 1. The number of aromatic nitrogens is 5. The summed E-state index contributed by atoms with van der Waals surface area (Å²) in [6, 6.07) is 9.27. The molecule has 0 saturated heterocycles. The molecule has 33 heavy (non-hydrogen) atoms. The van der Waals surface area contributed by atoms with Crippen molar-refractivity contribution in [1.82, 2.24) is 29.8 Å². The maximum absolute atomic E-state index is 12.3. The molecular formula is C24H23ClN6O2. The molecule has 1 aliphatic rings. The van der Waals surface area contributed by atoms with Crippen LogP contribution in [0.25, 0.3) is 22.6 Å². The van der Waals surface area contributed by atoms with Crippen LogP contribution in [0, 0.1) is 6.92 Å². The summed E-state index contributed by atoms with van der Waals surface area (Å²) in [5.74, 6) is 0.737. The van der Waals surface area contributed by atoms with Crippen molar-refractivity contribution in [2.75, 3.05) is 7.05 Å². The third kappa shape index (κ3) is 4.02. The van der Waals surface area contributed by atoms with Gasteiger partial charge in [-0.25, -0.2) is 9.97 Å². The second-order valence-corrected chi connectivity index (χ2v) is 8.87. The first-order valence-electron chi connectivity index (χ1n) is 10.7. The Bertz CT molecular complexity index is 1380. The summed E-state index contributed by atoms with van der Waals surface area (Å²) < 4.78 is 8.11. The Morgan fingerprint density at radius 3 is 2.79 bits per heavy atom. The lowest BCUT2D eigenvalue weighted by Crippen LogP contribution is -2.18. The maximum Gasteiger partial charge on any atom is 0.252 e. The number of rotatable bonds is 6. The van der Waals surface area contributed by atoms with E-state index >= 15 is 0 Å². The van der Waals surface area contributed by atoms with Gasteiger partial charge < -0.3 is 14.6 Å². The lowest BCUT2D eigenvalue weighted by atomic mass is 10.1. The van der Waals surface area contributed by atoms with E-state index in [9.17, 15) is 4.79 Å². The standard InChI is InChI=1S/C24H23ClN6O2/c1-14-7-10-27-15(11-14)12-31-20(16-5-4-6-17(18(16)25)22(32)26-3)30-19-21(31)28-13-29-23(19)33-24(2)8-9-24/h4-7,10-11,13H,8-9,12H2,1-3H3,(H,26,32). The molecule has 0 aliphatic heterocycles. The number of benzene rings is 1. The molecular weight excluding hydrogens is 440 g/mol. The number of carbonyl (C=O) groups excluding carboxylic acids is 1. The third-order valence-electron chi connectivity index (χ3n) is 5.80. The van der Waals surface area contributed by atoms with E-state index in [-0.39, 0.29) is 11.5 Å². The van der Waals surface area contributed by atoms with Crippen molar-refractivity contribution >= 4 is 28.7 Å². The second-order valence-electron chi connectivity index (χ2n) is 8.50. The van der Waals surface area contributed by atoms with Gasteiger partial charge in [-0.2, -0.15) is 4.98 Å². The molecule has 1 N–H and O–H groups in total. The number of fused-ring (bicyclic) bond motifs is 1. The first-order chi connectivity index (χ1) is 15.9. The summed E-state index contributed by atoms with van der Waals surface area (Å²) >= 11 is 6.70. The molecule has 1 amide bonds. The van der Waals surface area contributed by atoms with E-state index in [1.165, 1.54) is 6.33 Å². The van der Waals surface area contributed by atoms with Gasteiger partial charge in [-0.3, -0.25) is 9.78 Å². The van der Waals surface area contributed by atoms with E-state index < -0.39 is 0 Å². The van der Waals surface area contributed by atoms with Crippen LogP contribution in [0.15, 0.2) is 42.9 Å². The quantitative estimate of drug-likeness (QED) is 0.461. The summed E-state index contributed by atoms with van der Waals surface area (Å²) in [5, 5.41) is 2.94. The molecule has 1 saturated carbocycles. The molecule has 3 heterocycles. The normalized spacial score (nSPS) is 14.3. The molecule has 1 aliphatic carbocycles. The average molecular weight is 463 g/mol. The molecule has 0 bridgehead atoms. The van der Waals surface area contributed by atoms with Gasteiger partial charge in [0.2, 0.25) is 5.88 Å². The minimum atomic E-state index is -0.268. The van der Waals surface area contributed by atoms with E-state index in [0.717, 1.165) is 24.1 Å². The van der Waals surface area contributed by atoms with Crippen molar-refractivity contribution in [1.29, 1.82) is 0 Å². The predicted molar refractivity (Wildman–Crippen MR) is 126 cm³/mol. The zero-order chi connectivity index (χ0) is 23.2. The lowest BCUT2D eigenvalue weighted by Gasteiger charge is -2.12. The SMILES string of the molecule is CNC(=O)c1cccc(-c2nc3c(OC4(C)CC4)ncnc3n2Cc2cc(C)ccn2)c1Cl. The molecule has 8 nitrogen and oxygen atoms in total. The number of ether oxygens (including phenoxy) is 1. The number of nitrogens with one attached hydrogen (secondary N) is 1. The molecule has 3 aromatic heterocycles. The molecule has 0 atom stereocenters. The number of carbonyl (C=O) groups is 1. The van der Waals surface area contributed by atoms with Gasteiger partial charge >= 0.3 is 0 Å². The van der Waals surface area contributed by atoms with Gasteiger partial charge in [0.15, 0.2) is 11.2 Å². The number of hydrogen-bond donors (Lipinski definition) is 1. The van der Waals surface area contributed by atoms with Crippen molar-refractivity contribution in [3.8, 4) is 17.3 Å². The van der Waals surface area contributed by atoms with Crippen LogP contribution < -0.4 is 10.1 Å². The zero-order valence-electron chi connectivity index (χ0n) is 18.6. The highest BCUT2D eigenvalue weighted by atomic mass is 35.5. The number of imidazole rings is 1. The Balaban J connectivity index is 1.72. The van der Waals surface area contributed by atoms with Crippen LogP contribution in [0.4, 0.5) is 0 Å². The highest BCUT2D eigenvalue weighted by Crippen LogP contribution is 2.41. The topological polar surface area (TPSA) is 94.8 Å². The van der Waals surface area contributed by atoms with Gasteiger partial charge in [-0.15, -0.1) is 0 Å². The van der Waals surface area contributed by atoms with Crippen molar-refractivity contribution in [2.45, 2.75) is 38.8 Å². The van der Waals surface area contributed by atoms with E-state index in [2.05, 4.69) is 27.2 Å². The Morgan fingerprint density at radius 1 is 1.24 bits per heavy atom. The van der Waals surface area contributed by atoms with Crippen LogP contribution in [0.1, 0.15) is 41.4 Å². The number of halogens is 1. The molecule has 168 valence electrons. The van der Waals surface area contributed by atoms with Crippen molar-refractivity contribution in [3.05, 3.63) is 64.7 Å². The fraction of sp³-hybridized carbons (Fsp3) is 0.292. The van der Waals surface area contributed by atoms with Crippen LogP contribution in [0.3, 0.4) is 0 Å². The summed E-state index contributed by atoms with van der Waals surface area (Å²) in [7, 11) is 1.57. The first kappa shape index (κ1) is 21.3. The number of pyridine rings is 1. The highest BCUT2D eigenvalue weighted by Gasteiger charge is 2.41. The number of hydrogen-bond acceptors (Lipinski definition) is 6. The minimum Gasteiger partial charge on any atom is -0.470 e. The Labute approximate surface area is 196 Å². The van der Waals surface area contributed by atoms with Crippen LogP contribution in [-0.4, -0.2) is 43.1 Å². The lowest BCUT2D eigenvalue weighted by molar-refractivity contribution is 0.0963. The van der Waals surface area contributed by atoms with E-state index in [1.807, 2.05) is 29.7 Å². The molecule has 0 radical (unpaired) electrons. The van der Waals surface area contributed by atoms with Crippen molar-refractivity contribution in [2.24, 2.45) is 0 Å². The maximum atomic E-state index is 12.3. The van der Waals surface area contributed by atoms with Crippen LogP contribution in [-0.2, 0) is 6.54 Å². The second kappa shape index (κ2) is 8.12. The Kier molecular flexibility index (Phi) is 5.25. The molecule has 5 rings (SSSR count). The van der Waals surface area contributed by atoms with Gasteiger partial charge in [0.1, 0.15) is 17.8 Å². The van der Waals surface area contributed by atoms with Crippen molar-refractivity contribution in [3.63, 3.8) is 0 Å².